The number of ether oxygens (including phenoxy) is 10. The van der Waals surface area contributed by atoms with Gasteiger partial charge in [0.2, 0.25) is 12.6 Å². The summed E-state index contributed by atoms with van der Waals surface area (Å²) >= 11 is 0. The molecule has 520 valence electrons. The van der Waals surface area contributed by atoms with Crippen molar-refractivity contribution in [1.29, 1.82) is 0 Å². The molecule has 28 heteroatoms. The molecule has 0 radical (unpaired) electrons. The van der Waals surface area contributed by atoms with E-state index in [1.165, 1.54) is 78.6 Å². The van der Waals surface area contributed by atoms with Crippen molar-refractivity contribution in [2.45, 2.75) is 152 Å². The second kappa shape index (κ2) is 31.2. The van der Waals surface area contributed by atoms with E-state index in [0.29, 0.717) is 59.3 Å². The van der Waals surface area contributed by atoms with Gasteiger partial charge >= 0.3 is 12.2 Å². The molecular formula is C69H80N4O24. The van der Waals surface area contributed by atoms with Crippen LogP contribution < -0.4 is 33.5 Å². The fourth-order valence-corrected chi connectivity index (χ4v) is 12.4. The van der Waals surface area contributed by atoms with Crippen LogP contribution in [0.4, 0.5) is 21.0 Å². The number of Topliss-reactive ketones (excluding diaryl/α,β-unsaturated/α-hetero) is 2. The van der Waals surface area contributed by atoms with Gasteiger partial charge in [-0.15, -0.1) is 12.3 Å². The van der Waals surface area contributed by atoms with E-state index in [0.717, 1.165) is 9.80 Å². The maximum atomic E-state index is 14.5. The predicted molar refractivity (Wildman–Crippen MR) is 341 cm³/mol. The zero-order valence-corrected chi connectivity index (χ0v) is 53.8. The number of methoxy groups -OCH3 is 2. The van der Waals surface area contributed by atoms with Gasteiger partial charge in [-0.05, 0) is 98.5 Å². The highest BCUT2D eigenvalue weighted by Gasteiger charge is 2.49. The van der Waals surface area contributed by atoms with Crippen molar-refractivity contribution in [2.75, 3.05) is 70.1 Å². The molecule has 0 aliphatic carbocycles. The molecule has 2 unspecified atom stereocenters. The molecule has 0 aromatic heterocycles. The van der Waals surface area contributed by atoms with E-state index in [2.05, 4.69) is 19.1 Å². The molecule has 4 aromatic rings. The normalized spacial score (nSPS) is 25.2. The van der Waals surface area contributed by atoms with E-state index >= 15 is 0 Å². The van der Waals surface area contributed by atoms with Crippen LogP contribution in [-0.2, 0) is 36.9 Å². The molecule has 6 heterocycles. The molecule has 4 saturated heterocycles. The number of ketones is 2. The van der Waals surface area contributed by atoms with Crippen molar-refractivity contribution < 1.29 is 117 Å². The maximum Gasteiger partial charge on any atom is 0.416 e. The number of hydrogen-bond acceptors (Lipinski definition) is 24. The Morgan fingerprint density at radius 3 is 1.54 bits per heavy atom. The van der Waals surface area contributed by atoms with Crippen molar-refractivity contribution in [3.05, 3.63) is 124 Å². The van der Waals surface area contributed by atoms with Crippen molar-refractivity contribution >= 4 is 46.9 Å². The smallest absolute Gasteiger partial charge is 0.416 e. The summed E-state index contributed by atoms with van der Waals surface area (Å²) in [5.41, 5.74) is 2.57. The van der Waals surface area contributed by atoms with Crippen LogP contribution in [0.15, 0.2) is 85.0 Å². The number of hydrogen-bond donors (Lipinski definition) is 8. The van der Waals surface area contributed by atoms with Gasteiger partial charge in [0, 0.05) is 58.2 Å². The highest BCUT2D eigenvalue weighted by molar-refractivity contribution is 6.07. The Morgan fingerprint density at radius 1 is 0.577 bits per heavy atom. The zero-order valence-electron chi connectivity index (χ0n) is 53.8. The summed E-state index contributed by atoms with van der Waals surface area (Å²) in [6.07, 6.45) is -9.86. The van der Waals surface area contributed by atoms with Gasteiger partial charge in [-0.1, -0.05) is 36.4 Å². The van der Waals surface area contributed by atoms with Crippen LogP contribution in [0.1, 0.15) is 116 Å². The lowest BCUT2D eigenvalue weighted by Gasteiger charge is -2.35. The number of terminal acetylenes is 1. The summed E-state index contributed by atoms with van der Waals surface area (Å²) in [5.74, 6) is 1.11. The number of benzene rings is 4. The van der Waals surface area contributed by atoms with Crippen LogP contribution in [0, 0.1) is 19.3 Å². The number of aliphatic hydroxyl groups is 8. The molecule has 28 nitrogen and oxygen atoms in total. The highest BCUT2D eigenvalue weighted by Crippen LogP contribution is 2.44. The number of fused-ring (bicyclic) bond motifs is 4. The molecule has 97 heavy (non-hydrogen) atoms. The van der Waals surface area contributed by atoms with Crippen molar-refractivity contribution in [2.24, 2.45) is 0 Å². The van der Waals surface area contributed by atoms with Crippen LogP contribution in [0.2, 0.25) is 0 Å². The van der Waals surface area contributed by atoms with Gasteiger partial charge < -0.3 is 98.0 Å². The van der Waals surface area contributed by atoms with E-state index in [-0.39, 0.29) is 135 Å². The molecule has 6 aliphatic heterocycles. The van der Waals surface area contributed by atoms with Gasteiger partial charge in [0.1, 0.15) is 67.1 Å². The number of amides is 4. The van der Waals surface area contributed by atoms with Crippen molar-refractivity contribution in [1.82, 2.24) is 9.80 Å². The largest absolute Gasteiger partial charge is 0.493 e. The highest BCUT2D eigenvalue weighted by atomic mass is 16.7. The van der Waals surface area contributed by atoms with Gasteiger partial charge in [0.05, 0.1) is 79.2 Å². The molecule has 0 bridgehead atoms. The number of carbonyl (C=O) groups excluding carboxylic acids is 6. The van der Waals surface area contributed by atoms with E-state index < -0.39 is 123 Å². The third-order valence-corrected chi connectivity index (χ3v) is 17.6. The first-order valence-electron chi connectivity index (χ1n) is 31.8. The Labute approximate surface area is 558 Å². The van der Waals surface area contributed by atoms with Crippen LogP contribution in [0.25, 0.3) is 0 Å². The van der Waals surface area contributed by atoms with Gasteiger partial charge in [-0.2, -0.15) is 0 Å². The number of carbonyl (C=O) groups is 6. The Morgan fingerprint density at radius 2 is 1.05 bits per heavy atom. The second-order valence-corrected chi connectivity index (χ2v) is 24.5. The lowest BCUT2D eigenvalue weighted by Crippen LogP contribution is -2.54. The summed E-state index contributed by atoms with van der Waals surface area (Å²) in [6.45, 7) is 9.00. The van der Waals surface area contributed by atoms with Gasteiger partial charge in [0.15, 0.2) is 35.5 Å². The third kappa shape index (κ3) is 15.5. The Bertz CT molecular complexity index is 3690. The minimum atomic E-state index is -1.67. The monoisotopic (exact) mass is 1350 g/mol. The van der Waals surface area contributed by atoms with Crippen LogP contribution in [0.5, 0.6) is 28.7 Å². The summed E-state index contributed by atoms with van der Waals surface area (Å²) in [6, 6.07) is 12.7. The molecule has 4 amide bonds. The SMILES string of the molecule is C#CCCC(=O)c1cc(COC(=O)N2c3cc(OCCCCCOc4cc5c(cc4OC)C(=O)N4CC(=C)C[C@H]4C(O)N5C(=O)OCc4ccc(O[C@@H]5OC[C@@H](O)[C@H](O)[C@H]5O)c(C(=O)CCCOC)c4)c(C)cc3C(=O)N3CC(=C)C[C@H]3C2O)ccc1O[C@@H]1OC[C@@H](O)[C@H](O)[C@H]1O. The number of nitrogens with zero attached hydrogens (tertiary/aromatic N) is 4. The van der Waals surface area contributed by atoms with E-state index in [1.807, 2.05) is 0 Å². The quantitative estimate of drug-likeness (QED) is 0.0201. The fraction of sp³-hybridized carbons (Fsp3) is 0.478. The maximum absolute atomic E-state index is 14.5. The number of aliphatic hydroxyl groups excluding tert-OH is 8. The molecule has 0 saturated carbocycles. The summed E-state index contributed by atoms with van der Waals surface area (Å²) < 4.78 is 57.6. The molecule has 4 fully saturated rings. The first-order chi connectivity index (χ1) is 46.5. The second-order valence-electron chi connectivity index (χ2n) is 24.5. The standard InChI is InChI=1S/C69H80N4O24/c1-7-8-13-49(74)43-25-39(15-17-53(43)96-66-60(80)58(78)51(76)34-92-66)32-94-68(86)72-45-28-55(38(4)24-41(45)62(82)70-30-36(2)22-47(70)64(72)84)90-20-10-9-11-21-91-57-29-46-42(27-56(57)89-6)63(83)71-31-37(3)23-48(71)65(85)73(46)69(87)95-33-40-16-18-54(44(26-40)50(75)14-12-19-88-5)97-67-61(81)59(79)52(77)35-93-67/h1,15-18,24-29,47-48,51-52,58-61,64-67,76-81,84-85H,2-3,8-14,19-23,30-35H2,4-6H3/t47-,48-,51+,52+,58-,59-,60+,61+,64?,65?,66-,67-/m0/s1. The molecule has 6 aliphatic rings. The average Bonchev–Trinajstić information content (AvgIpc) is 1.63. The van der Waals surface area contributed by atoms with Crippen LogP contribution in [0.3, 0.4) is 0 Å². The number of rotatable bonds is 25. The molecule has 8 N–H and O–H groups in total. The lowest BCUT2D eigenvalue weighted by molar-refractivity contribution is -0.242. The summed E-state index contributed by atoms with van der Waals surface area (Å²) in [7, 11) is 2.88. The number of anilines is 2. The first kappa shape index (κ1) is 71.1. The summed E-state index contributed by atoms with van der Waals surface area (Å²) in [5, 5.41) is 85.7. The number of aryl methyl sites for hydroxylation is 1. The molecular weight excluding hydrogens is 1270 g/mol. The lowest BCUT2D eigenvalue weighted by atomic mass is 10.0. The van der Waals surface area contributed by atoms with E-state index in [9.17, 15) is 69.6 Å². The van der Waals surface area contributed by atoms with Crippen molar-refractivity contribution in [3.63, 3.8) is 0 Å². The van der Waals surface area contributed by atoms with Crippen LogP contribution in [-0.4, -0.2) is 220 Å². The van der Waals surface area contributed by atoms with Crippen LogP contribution >= 0.6 is 0 Å². The van der Waals surface area contributed by atoms with Gasteiger partial charge in [0.25, 0.3) is 11.8 Å². The first-order valence-corrected chi connectivity index (χ1v) is 31.8. The number of unbranched alkanes of at least 4 members (excludes halogenated alkanes) is 2. The average molecular weight is 1350 g/mol. The van der Waals surface area contributed by atoms with Crippen molar-refractivity contribution in [3.8, 4) is 41.1 Å². The van der Waals surface area contributed by atoms with Gasteiger partial charge in [-0.25, -0.2) is 19.4 Å². The molecule has 12 atom stereocenters. The molecule has 0 spiro atoms. The minimum absolute atomic E-state index is 0.00222. The fourth-order valence-electron chi connectivity index (χ4n) is 12.4. The Hall–Kier alpha value is -8.70. The Kier molecular flexibility index (Phi) is 22.9. The molecule has 4 aromatic carbocycles. The minimum Gasteiger partial charge on any atom is -0.493 e. The third-order valence-electron chi connectivity index (χ3n) is 17.6. The molecule has 10 rings (SSSR count). The van der Waals surface area contributed by atoms with E-state index in [1.54, 1.807) is 13.0 Å². The topological polar surface area (TPSA) is 370 Å². The predicted octanol–water partition coefficient (Wildman–Crippen LogP) is 3.96. The Balaban J connectivity index is 0.808. The van der Waals surface area contributed by atoms with Gasteiger partial charge in [-0.3, -0.25) is 19.2 Å². The summed E-state index contributed by atoms with van der Waals surface area (Å²) in [4.78, 5) is 89.5. The van der Waals surface area contributed by atoms with E-state index in [4.69, 9.17) is 53.8 Å². The zero-order chi connectivity index (χ0) is 69.5.